The molecule has 0 unspecified atom stereocenters. The van der Waals surface area contributed by atoms with Crippen molar-refractivity contribution < 1.29 is 9.53 Å². The summed E-state index contributed by atoms with van der Waals surface area (Å²) in [7, 11) is 5.28. The predicted octanol–water partition coefficient (Wildman–Crippen LogP) is 1.49. The molecule has 6 nitrogen and oxygen atoms in total. The van der Waals surface area contributed by atoms with Crippen LogP contribution in [-0.2, 0) is 24.9 Å². The zero-order valence-electron chi connectivity index (χ0n) is 14.2. The van der Waals surface area contributed by atoms with Crippen LogP contribution in [0.3, 0.4) is 0 Å². The van der Waals surface area contributed by atoms with Crippen molar-refractivity contribution in [3.8, 4) is 5.88 Å². The minimum Gasteiger partial charge on any atom is -0.481 e. The topological polar surface area (TPSA) is 59.4 Å². The lowest BCUT2D eigenvalue weighted by atomic mass is 10.2. The van der Waals surface area contributed by atoms with Gasteiger partial charge in [-0.2, -0.15) is 5.10 Å². The standard InChI is InChI=1S/C17H24N4O2/c1-13-15(17(23-4)21(3)19-13)10-18-11-16(22)20(2)12-14-8-6-5-7-9-14/h5-9,18H,10-12H2,1-4H3. The molecule has 124 valence electrons. The van der Waals surface area contributed by atoms with E-state index in [-0.39, 0.29) is 12.5 Å². The van der Waals surface area contributed by atoms with Crippen molar-refractivity contribution in [1.82, 2.24) is 20.0 Å². The van der Waals surface area contributed by atoms with Gasteiger partial charge in [-0.15, -0.1) is 0 Å². The summed E-state index contributed by atoms with van der Waals surface area (Å²) in [6, 6.07) is 9.95. The smallest absolute Gasteiger partial charge is 0.236 e. The highest BCUT2D eigenvalue weighted by Gasteiger charge is 2.14. The molecule has 0 aliphatic heterocycles. The molecule has 1 aromatic carbocycles. The Morgan fingerprint density at radius 3 is 2.70 bits per heavy atom. The van der Waals surface area contributed by atoms with Gasteiger partial charge in [-0.25, -0.2) is 4.68 Å². The Morgan fingerprint density at radius 1 is 1.35 bits per heavy atom. The van der Waals surface area contributed by atoms with E-state index in [1.807, 2.05) is 51.4 Å². The van der Waals surface area contributed by atoms with Gasteiger partial charge >= 0.3 is 0 Å². The van der Waals surface area contributed by atoms with E-state index in [1.165, 1.54) is 0 Å². The number of aryl methyl sites for hydroxylation is 2. The molecule has 6 heteroatoms. The van der Waals surface area contributed by atoms with E-state index in [2.05, 4.69) is 10.4 Å². The largest absolute Gasteiger partial charge is 0.481 e. The summed E-state index contributed by atoms with van der Waals surface area (Å²) in [5.41, 5.74) is 3.00. The summed E-state index contributed by atoms with van der Waals surface area (Å²) in [5, 5.41) is 7.50. The Balaban J connectivity index is 1.85. The number of carbonyl (C=O) groups is 1. The molecule has 0 aliphatic carbocycles. The Bertz CT molecular complexity index is 652. The van der Waals surface area contributed by atoms with Crippen LogP contribution in [0.4, 0.5) is 0 Å². The van der Waals surface area contributed by atoms with Crippen molar-refractivity contribution in [2.75, 3.05) is 20.7 Å². The average molecular weight is 316 g/mol. The number of ether oxygens (including phenoxy) is 1. The zero-order chi connectivity index (χ0) is 16.8. The molecule has 23 heavy (non-hydrogen) atoms. The molecule has 0 radical (unpaired) electrons. The number of hydrogen-bond acceptors (Lipinski definition) is 4. The maximum atomic E-state index is 12.2. The molecule has 0 spiro atoms. The van der Waals surface area contributed by atoms with E-state index in [1.54, 1.807) is 16.7 Å². The second kappa shape index (κ2) is 7.78. The molecule has 0 bridgehead atoms. The van der Waals surface area contributed by atoms with Crippen molar-refractivity contribution in [3.05, 3.63) is 47.2 Å². The normalized spacial score (nSPS) is 10.6. The molecular weight excluding hydrogens is 292 g/mol. The highest BCUT2D eigenvalue weighted by atomic mass is 16.5. The average Bonchev–Trinajstić information content (AvgIpc) is 2.81. The van der Waals surface area contributed by atoms with Crippen LogP contribution in [0.2, 0.25) is 0 Å². The lowest BCUT2D eigenvalue weighted by Gasteiger charge is -2.17. The van der Waals surface area contributed by atoms with Crippen LogP contribution in [-0.4, -0.2) is 41.3 Å². The second-order valence-electron chi connectivity index (χ2n) is 5.54. The number of methoxy groups -OCH3 is 1. The lowest BCUT2D eigenvalue weighted by molar-refractivity contribution is -0.129. The number of aromatic nitrogens is 2. The van der Waals surface area contributed by atoms with Crippen LogP contribution in [0.5, 0.6) is 5.88 Å². The first-order valence-electron chi connectivity index (χ1n) is 7.58. The van der Waals surface area contributed by atoms with Gasteiger partial charge in [-0.05, 0) is 12.5 Å². The van der Waals surface area contributed by atoms with E-state index in [9.17, 15) is 4.79 Å². The molecular formula is C17H24N4O2. The van der Waals surface area contributed by atoms with Crippen LogP contribution in [0, 0.1) is 6.92 Å². The molecule has 0 atom stereocenters. The van der Waals surface area contributed by atoms with Crippen molar-refractivity contribution in [2.24, 2.45) is 7.05 Å². The van der Waals surface area contributed by atoms with Crippen molar-refractivity contribution in [1.29, 1.82) is 0 Å². The number of likely N-dealkylation sites (N-methyl/N-ethyl adjacent to an activating group) is 1. The van der Waals surface area contributed by atoms with Gasteiger partial charge in [0.25, 0.3) is 0 Å². The van der Waals surface area contributed by atoms with E-state index >= 15 is 0 Å². The predicted molar refractivity (Wildman–Crippen MR) is 89.1 cm³/mol. The zero-order valence-corrected chi connectivity index (χ0v) is 14.2. The first-order chi connectivity index (χ1) is 11.0. The quantitative estimate of drug-likeness (QED) is 0.841. The minimum atomic E-state index is 0.0503. The number of rotatable bonds is 7. The van der Waals surface area contributed by atoms with Gasteiger partial charge in [-0.1, -0.05) is 30.3 Å². The molecule has 0 saturated heterocycles. The summed E-state index contributed by atoms with van der Waals surface area (Å²) >= 11 is 0. The summed E-state index contributed by atoms with van der Waals surface area (Å²) < 4.78 is 7.05. The van der Waals surface area contributed by atoms with Gasteiger partial charge in [0.1, 0.15) is 0 Å². The first-order valence-corrected chi connectivity index (χ1v) is 7.58. The highest BCUT2D eigenvalue weighted by molar-refractivity contribution is 5.77. The minimum absolute atomic E-state index is 0.0503. The fourth-order valence-electron chi connectivity index (χ4n) is 2.51. The van der Waals surface area contributed by atoms with E-state index in [0.29, 0.717) is 13.1 Å². The molecule has 2 rings (SSSR count). The van der Waals surface area contributed by atoms with Crippen LogP contribution in [0.25, 0.3) is 0 Å². The Labute approximate surface area is 137 Å². The number of benzene rings is 1. The molecule has 0 aliphatic rings. The monoisotopic (exact) mass is 316 g/mol. The van der Waals surface area contributed by atoms with Crippen LogP contribution >= 0.6 is 0 Å². The molecule has 0 fully saturated rings. The SMILES string of the molecule is COc1c(CNCC(=O)N(C)Cc2ccccc2)c(C)nn1C. The molecule has 1 aromatic heterocycles. The summed E-state index contributed by atoms with van der Waals surface area (Å²) in [6.07, 6.45) is 0. The summed E-state index contributed by atoms with van der Waals surface area (Å²) in [4.78, 5) is 13.9. The third kappa shape index (κ3) is 4.32. The Morgan fingerprint density at radius 2 is 2.04 bits per heavy atom. The van der Waals surface area contributed by atoms with Crippen molar-refractivity contribution >= 4 is 5.91 Å². The van der Waals surface area contributed by atoms with Gasteiger partial charge in [0, 0.05) is 27.2 Å². The third-order valence-electron chi connectivity index (χ3n) is 3.75. The molecule has 1 heterocycles. The van der Waals surface area contributed by atoms with Crippen LogP contribution in [0.15, 0.2) is 30.3 Å². The highest BCUT2D eigenvalue weighted by Crippen LogP contribution is 2.20. The van der Waals surface area contributed by atoms with Gasteiger partial charge < -0.3 is 15.0 Å². The van der Waals surface area contributed by atoms with Gasteiger partial charge in [-0.3, -0.25) is 4.79 Å². The number of nitrogens with one attached hydrogen (secondary N) is 1. The van der Waals surface area contributed by atoms with E-state index in [4.69, 9.17) is 4.74 Å². The Kier molecular flexibility index (Phi) is 5.76. The van der Waals surface area contributed by atoms with Crippen molar-refractivity contribution in [3.63, 3.8) is 0 Å². The maximum absolute atomic E-state index is 12.2. The van der Waals surface area contributed by atoms with E-state index in [0.717, 1.165) is 22.7 Å². The first kappa shape index (κ1) is 17.0. The molecule has 2 aromatic rings. The third-order valence-corrected chi connectivity index (χ3v) is 3.75. The van der Waals surface area contributed by atoms with E-state index < -0.39 is 0 Å². The fraction of sp³-hybridized carbons (Fsp3) is 0.412. The fourth-order valence-corrected chi connectivity index (χ4v) is 2.51. The summed E-state index contributed by atoms with van der Waals surface area (Å²) in [6.45, 7) is 3.37. The lowest BCUT2D eigenvalue weighted by Crippen LogP contribution is -2.35. The number of nitrogens with zero attached hydrogens (tertiary/aromatic N) is 3. The van der Waals surface area contributed by atoms with Crippen molar-refractivity contribution in [2.45, 2.75) is 20.0 Å². The second-order valence-corrected chi connectivity index (χ2v) is 5.54. The molecule has 0 saturated carbocycles. The maximum Gasteiger partial charge on any atom is 0.236 e. The summed E-state index contributed by atoms with van der Waals surface area (Å²) in [5.74, 6) is 0.773. The van der Waals surface area contributed by atoms with Gasteiger partial charge in [0.2, 0.25) is 11.8 Å². The Hall–Kier alpha value is -2.34. The molecule has 1 amide bonds. The van der Waals surface area contributed by atoms with Crippen LogP contribution in [0.1, 0.15) is 16.8 Å². The number of carbonyl (C=O) groups excluding carboxylic acids is 1. The number of amides is 1. The van der Waals surface area contributed by atoms with Gasteiger partial charge in [0.15, 0.2) is 0 Å². The molecule has 1 N–H and O–H groups in total. The number of hydrogen-bond donors (Lipinski definition) is 1. The van der Waals surface area contributed by atoms with Gasteiger partial charge in [0.05, 0.1) is 24.9 Å². The van der Waals surface area contributed by atoms with Crippen LogP contribution < -0.4 is 10.1 Å².